The lowest BCUT2D eigenvalue weighted by atomic mass is 10.1. The summed E-state index contributed by atoms with van der Waals surface area (Å²) in [6.45, 7) is 0. The zero-order valence-corrected chi connectivity index (χ0v) is 10.5. The summed E-state index contributed by atoms with van der Waals surface area (Å²) in [5.41, 5.74) is 1.43. The van der Waals surface area contributed by atoms with E-state index in [1.54, 1.807) is 12.1 Å². The lowest BCUT2D eigenvalue weighted by Crippen LogP contribution is -1.95. The van der Waals surface area contributed by atoms with Crippen LogP contribution in [0, 0.1) is 0 Å². The number of phenols is 1. The Morgan fingerprint density at radius 1 is 1.16 bits per heavy atom. The predicted molar refractivity (Wildman–Crippen MR) is 74.5 cm³/mol. The summed E-state index contributed by atoms with van der Waals surface area (Å²) in [6, 6.07) is 14.1. The zero-order valence-electron chi connectivity index (χ0n) is 10.5. The number of hydrogen-bond acceptors (Lipinski definition) is 3. The van der Waals surface area contributed by atoms with Gasteiger partial charge in [0.15, 0.2) is 17.3 Å². The number of phenolic OH excluding ortho intramolecular Hbond substituents is 1. The third-order valence-electron chi connectivity index (χ3n) is 2.69. The first-order valence-electron chi connectivity index (χ1n) is 5.85. The van der Waals surface area contributed by atoms with Gasteiger partial charge in [-0.15, -0.1) is 0 Å². The minimum Gasteiger partial charge on any atom is -0.504 e. The average molecular weight is 254 g/mol. The van der Waals surface area contributed by atoms with Gasteiger partial charge in [0.05, 0.1) is 7.11 Å². The van der Waals surface area contributed by atoms with Crippen molar-refractivity contribution < 1.29 is 14.6 Å². The number of carbonyl (C=O) groups excluding carboxylic acids is 1. The zero-order chi connectivity index (χ0) is 13.7. The molecule has 0 fully saturated rings. The van der Waals surface area contributed by atoms with Crippen molar-refractivity contribution >= 4 is 11.9 Å². The van der Waals surface area contributed by atoms with Crippen LogP contribution in [-0.2, 0) is 0 Å². The molecule has 0 radical (unpaired) electrons. The second-order valence-corrected chi connectivity index (χ2v) is 3.99. The molecule has 2 rings (SSSR count). The molecule has 0 saturated carbocycles. The van der Waals surface area contributed by atoms with Gasteiger partial charge >= 0.3 is 0 Å². The van der Waals surface area contributed by atoms with Gasteiger partial charge in [-0.2, -0.15) is 0 Å². The minimum atomic E-state index is -0.137. The minimum absolute atomic E-state index is 0.0195. The van der Waals surface area contributed by atoms with E-state index in [0.717, 1.165) is 5.56 Å². The molecule has 0 atom stereocenters. The van der Waals surface area contributed by atoms with E-state index in [4.69, 9.17) is 4.74 Å². The van der Waals surface area contributed by atoms with E-state index in [2.05, 4.69) is 0 Å². The summed E-state index contributed by atoms with van der Waals surface area (Å²) in [5, 5.41) is 9.47. The van der Waals surface area contributed by atoms with E-state index >= 15 is 0 Å². The lowest BCUT2D eigenvalue weighted by Gasteiger charge is -2.04. The van der Waals surface area contributed by atoms with Crippen molar-refractivity contribution in [1.82, 2.24) is 0 Å². The molecule has 3 heteroatoms. The quantitative estimate of drug-likeness (QED) is 0.672. The molecule has 1 N–H and O–H groups in total. The fourth-order valence-corrected chi connectivity index (χ4v) is 1.66. The van der Waals surface area contributed by atoms with Crippen LogP contribution >= 0.6 is 0 Å². The molecule has 0 aliphatic carbocycles. The van der Waals surface area contributed by atoms with Crippen LogP contribution in [0.15, 0.2) is 54.6 Å². The van der Waals surface area contributed by atoms with Crippen molar-refractivity contribution in [3.8, 4) is 11.5 Å². The Morgan fingerprint density at radius 3 is 2.58 bits per heavy atom. The summed E-state index contributed by atoms with van der Waals surface area (Å²) in [5.74, 6) is 0.173. The first-order valence-corrected chi connectivity index (χ1v) is 5.85. The molecule has 3 nitrogen and oxygen atoms in total. The third kappa shape index (κ3) is 3.22. The molecule has 0 spiro atoms. The predicted octanol–water partition coefficient (Wildman–Crippen LogP) is 3.30. The normalized spacial score (nSPS) is 10.6. The number of aromatic hydroxyl groups is 1. The van der Waals surface area contributed by atoms with Gasteiger partial charge in [0, 0.05) is 5.56 Å². The van der Waals surface area contributed by atoms with Crippen LogP contribution in [0.4, 0.5) is 0 Å². The fourth-order valence-electron chi connectivity index (χ4n) is 1.66. The topological polar surface area (TPSA) is 46.5 Å². The molecule has 0 aliphatic heterocycles. The molecule has 0 aliphatic rings. The Hall–Kier alpha value is -2.55. The maximum atomic E-state index is 12.0. The largest absolute Gasteiger partial charge is 0.504 e. The molecule has 96 valence electrons. The number of ketones is 1. The van der Waals surface area contributed by atoms with E-state index < -0.39 is 0 Å². The summed E-state index contributed by atoms with van der Waals surface area (Å²) >= 11 is 0. The van der Waals surface area contributed by atoms with E-state index in [1.165, 1.54) is 25.3 Å². The Balaban J connectivity index is 2.18. The standard InChI is InChI=1S/C16H14O3/c1-19-16-11-13(8-10-15(16)18)14(17)9-7-12-5-3-2-4-6-12/h2-11,18H,1H3. The Bertz CT molecular complexity index is 601. The number of rotatable bonds is 4. The highest BCUT2D eigenvalue weighted by atomic mass is 16.5. The summed E-state index contributed by atoms with van der Waals surface area (Å²) in [7, 11) is 1.45. The van der Waals surface area contributed by atoms with E-state index in [1.807, 2.05) is 30.3 Å². The summed E-state index contributed by atoms with van der Waals surface area (Å²) in [6.07, 6.45) is 3.25. The van der Waals surface area contributed by atoms with Crippen LogP contribution in [0.1, 0.15) is 15.9 Å². The molecule has 0 bridgehead atoms. The van der Waals surface area contributed by atoms with Gasteiger partial charge in [0.1, 0.15) is 0 Å². The van der Waals surface area contributed by atoms with Crippen molar-refractivity contribution in [2.24, 2.45) is 0 Å². The third-order valence-corrected chi connectivity index (χ3v) is 2.69. The van der Waals surface area contributed by atoms with Crippen molar-refractivity contribution in [2.45, 2.75) is 0 Å². The van der Waals surface area contributed by atoms with Crippen LogP contribution in [0.25, 0.3) is 6.08 Å². The van der Waals surface area contributed by atoms with E-state index in [0.29, 0.717) is 11.3 Å². The van der Waals surface area contributed by atoms with Crippen LogP contribution in [0.5, 0.6) is 11.5 Å². The molecule has 0 amide bonds. The van der Waals surface area contributed by atoms with Gasteiger partial charge < -0.3 is 9.84 Å². The van der Waals surface area contributed by atoms with E-state index in [9.17, 15) is 9.90 Å². The Labute approximate surface area is 111 Å². The molecule has 0 heterocycles. The van der Waals surface area contributed by atoms with Crippen LogP contribution in [0.3, 0.4) is 0 Å². The summed E-state index contributed by atoms with van der Waals surface area (Å²) < 4.78 is 4.97. The number of benzene rings is 2. The molecule has 19 heavy (non-hydrogen) atoms. The number of hydrogen-bond donors (Lipinski definition) is 1. The SMILES string of the molecule is COc1cc(C(=O)C=Cc2ccccc2)ccc1O. The van der Waals surface area contributed by atoms with Crippen LogP contribution in [-0.4, -0.2) is 18.0 Å². The maximum absolute atomic E-state index is 12.0. The summed E-state index contributed by atoms with van der Waals surface area (Å²) in [4.78, 5) is 12.0. The Kier molecular flexibility index (Phi) is 3.98. The number of allylic oxidation sites excluding steroid dienone is 1. The van der Waals surface area contributed by atoms with Crippen molar-refractivity contribution in [2.75, 3.05) is 7.11 Å². The molecule has 2 aromatic carbocycles. The van der Waals surface area contributed by atoms with Gasteiger partial charge in [-0.25, -0.2) is 0 Å². The van der Waals surface area contributed by atoms with Crippen LogP contribution < -0.4 is 4.74 Å². The highest BCUT2D eigenvalue weighted by Crippen LogP contribution is 2.26. The highest BCUT2D eigenvalue weighted by molar-refractivity contribution is 6.07. The maximum Gasteiger partial charge on any atom is 0.185 e. The molecular formula is C16H14O3. The average Bonchev–Trinajstić information content (AvgIpc) is 2.46. The smallest absolute Gasteiger partial charge is 0.185 e. The number of ether oxygens (including phenoxy) is 1. The number of carbonyl (C=O) groups is 1. The fraction of sp³-hybridized carbons (Fsp3) is 0.0625. The van der Waals surface area contributed by atoms with Crippen molar-refractivity contribution in [3.63, 3.8) is 0 Å². The highest BCUT2D eigenvalue weighted by Gasteiger charge is 2.07. The second-order valence-electron chi connectivity index (χ2n) is 3.99. The van der Waals surface area contributed by atoms with Gasteiger partial charge in [-0.05, 0) is 29.8 Å². The monoisotopic (exact) mass is 254 g/mol. The van der Waals surface area contributed by atoms with Gasteiger partial charge in [0.25, 0.3) is 0 Å². The first-order chi connectivity index (χ1) is 9.20. The molecule has 0 saturated heterocycles. The van der Waals surface area contributed by atoms with Crippen molar-refractivity contribution in [1.29, 1.82) is 0 Å². The van der Waals surface area contributed by atoms with Crippen LogP contribution in [0.2, 0.25) is 0 Å². The van der Waals surface area contributed by atoms with E-state index in [-0.39, 0.29) is 11.5 Å². The molecular weight excluding hydrogens is 240 g/mol. The Morgan fingerprint density at radius 2 is 1.89 bits per heavy atom. The molecule has 0 aromatic heterocycles. The first kappa shape index (κ1) is 12.9. The number of methoxy groups -OCH3 is 1. The second kappa shape index (κ2) is 5.87. The molecule has 2 aromatic rings. The van der Waals surface area contributed by atoms with Crippen molar-refractivity contribution in [3.05, 3.63) is 65.7 Å². The van der Waals surface area contributed by atoms with Gasteiger partial charge in [-0.1, -0.05) is 36.4 Å². The van der Waals surface area contributed by atoms with Gasteiger partial charge in [-0.3, -0.25) is 4.79 Å². The lowest BCUT2D eigenvalue weighted by molar-refractivity contribution is 0.104. The molecule has 0 unspecified atom stereocenters. The van der Waals surface area contributed by atoms with Gasteiger partial charge in [0.2, 0.25) is 0 Å².